The molecule has 1 amide bonds. The number of carbonyl (C=O) groups is 1. The van der Waals surface area contributed by atoms with Gasteiger partial charge in [-0.05, 0) is 12.1 Å². The summed E-state index contributed by atoms with van der Waals surface area (Å²) in [5, 5.41) is 2.29. The third-order valence-corrected chi connectivity index (χ3v) is 7.20. The van der Waals surface area contributed by atoms with E-state index < -0.39 is 7.14 Å². The number of rotatable bonds is 4. The summed E-state index contributed by atoms with van der Waals surface area (Å²) in [4.78, 5) is 13.6. The highest BCUT2D eigenvalue weighted by molar-refractivity contribution is 7.85. The molecule has 0 heterocycles. The Bertz CT molecular complexity index is 860. The standard InChI is InChI=1S/C21H20NO2P/c1-22(2)21(23)17-13-15-20(16-14-17)25(24,18-9-5-3-6-10-18)19-11-7-4-8-12-19/h3-16H,1-2H3. The van der Waals surface area contributed by atoms with Crippen molar-refractivity contribution in [3.63, 3.8) is 0 Å². The molecule has 4 heteroatoms. The average molecular weight is 349 g/mol. The summed E-state index contributed by atoms with van der Waals surface area (Å²) in [6.07, 6.45) is 0. The Labute approximate surface area is 148 Å². The van der Waals surface area contributed by atoms with Crippen molar-refractivity contribution >= 4 is 29.0 Å². The van der Waals surface area contributed by atoms with Crippen molar-refractivity contribution in [2.24, 2.45) is 0 Å². The van der Waals surface area contributed by atoms with Crippen LogP contribution in [0.3, 0.4) is 0 Å². The third-order valence-electron chi connectivity index (χ3n) is 4.12. The second-order valence-electron chi connectivity index (χ2n) is 6.03. The van der Waals surface area contributed by atoms with Crippen molar-refractivity contribution in [3.05, 3.63) is 90.5 Å². The van der Waals surface area contributed by atoms with Gasteiger partial charge in [-0.3, -0.25) is 4.79 Å². The monoisotopic (exact) mass is 349 g/mol. The Hall–Kier alpha value is -2.64. The number of nitrogens with zero attached hydrogens (tertiary/aromatic N) is 1. The molecule has 0 saturated heterocycles. The summed E-state index contributed by atoms with van der Waals surface area (Å²) < 4.78 is 14.1. The van der Waals surface area contributed by atoms with Crippen molar-refractivity contribution in [2.75, 3.05) is 14.1 Å². The van der Waals surface area contributed by atoms with Crippen LogP contribution in [-0.4, -0.2) is 24.9 Å². The number of benzene rings is 3. The molecule has 0 unspecified atom stereocenters. The first kappa shape index (κ1) is 17.2. The molecule has 3 nitrogen and oxygen atoms in total. The lowest BCUT2D eigenvalue weighted by Crippen LogP contribution is -2.26. The third kappa shape index (κ3) is 3.29. The molecule has 126 valence electrons. The van der Waals surface area contributed by atoms with Crippen LogP contribution in [0.15, 0.2) is 84.9 Å². The van der Waals surface area contributed by atoms with E-state index in [4.69, 9.17) is 0 Å². The van der Waals surface area contributed by atoms with Gasteiger partial charge >= 0.3 is 0 Å². The quantitative estimate of drug-likeness (QED) is 0.679. The number of hydrogen-bond donors (Lipinski definition) is 0. The van der Waals surface area contributed by atoms with Crippen molar-refractivity contribution in [3.8, 4) is 0 Å². The van der Waals surface area contributed by atoms with Gasteiger partial charge in [-0.25, -0.2) is 0 Å². The maximum absolute atomic E-state index is 14.1. The smallest absolute Gasteiger partial charge is 0.253 e. The molecule has 0 N–H and O–H groups in total. The normalized spacial score (nSPS) is 11.1. The first-order chi connectivity index (χ1) is 12.0. The Morgan fingerprint density at radius 2 is 1.08 bits per heavy atom. The Balaban J connectivity index is 2.14. The summed E-state index contributed by atoms with van der Waals surface area (Å²) in [5.74, 6) is -0.0687. The number of carbonyl (C=O) groups excluding carboxylic acids is 1. The van der Waals surface area contributed by atoms with Gasteiger partial charge in [-0.1, -0.05) is 72.8 Å². The van der Waals surface area contributed by atoms with Crippen LogP contribution >= 0.6 is 7.14 Å². The molecule has 3 rings (SSSR count). The SMILES string of the molecule is CN(C)C(=O)c1ccc(P(=O)(c2ccccc2)c2ccccc2)cc1. The molecule has 0 aliphatic heterocycles. The lowest BCUT2D eigenvalue weighted by molar-refractivity contribution is 0.0827. The maximum atomic E-state index is 14.1. The van der Waals surface area contributed by atoms with Crippen LogP contribution in [0.5, 0.6) is 0 Å². The van der Waals surface area contributed by atoms with Gasteiger partial charge in [0.25, 0.3) is 5.91 Å². The molecule has 0 saturated carbocycles. The summed E-state index contributed by atoms with van der Waals surface area (Å²) in [6.45, 7) is 0. The first-order valence-corrected chi connectivity index (χ1v) is 9.78. The highest BCUT2D eigenvalue weighted by atomic mass is 31.2. The van der Waals surface area contributed by atoms with Crippen LogP contribution in [0.2, 0.25) is 0 Å². The summed E-state index contributed by atoms with van der Waals surface area (Å²) in [6, 6.07) is 26.1. The molecule has 0 radical (unpaired) electrons. The summed E-state index contributed by atoms with van der Waals surface area (Å²) >= 11 is 0. The minimum Gasteiger partial charge on any atom is -0.345 e. The predicted molar refractivity (Wildman–Crippen MR) is 104 cm³/mol. The van der Waals surface area contributed by atoms with Crippen molar-refractivity contribution in [1.29, 1.82) is 0 Å². The van der Waals surface area contributed by atoms with E-state index in [9.17, 15) is 9.36 Å². The van der Waals surface area contributed by atoms with Crippen LogP contribution in [0.25, 0.3) is 0 Å². The molecule has 0 aliphatic carbocycles. The predicted octanol–water partition coefficient (Wildman–Crippen LogP) is 3.03. The van der Waals surface area contributed by atoms with E-state index in [1.165, 1.54) is 4.90 Å². The van der Waals surface area contributed by atoms with Gasteiger partial charge in [0.05, 0.1) is 0 Å². The topological polar surface area (TPSA) is 37.4 Å². The maximum Gasteiger partial charge on any atom is 0.253 e. The lowest BCUT2D eigenvalue weighted by atomic mass is 10.2. The van der Waals surface area contributed by atoms with Crippen molar-refractivity contribution < 1.29 is 9.36 Å². The fourth-order valence-electron chi connectivity index (χ4n) is 2.80. The minimum atomic E-state index is -2.98. The van der Waals surface area contributed by atoms with E-state index in [-0.39, 0.29) is 5.91 Å². The molecule has 0 atom stereocenters. The van der Waals surface area contributed by atoms with Gasteiger partial charge in [-0.15, -0.1) is 0 Å². The molecule has 0 spiro atoms. The van der Waals surface area contributed by atoms with Crippen LogP contribution in [0.4, 0.5) is 0 Å². The van der Waals surface area contributed by atoms with Crippen LogP contribution in [0.1, 0.15) is 10.4 Å². The van der Waals surface area contributed by atoms with Gasteiger partial charge in [0.15, 0.2) is 7.14 Å². The fraction of sp³-hybridized carbons (Fsp3) is 0.0952. The van der Waals surface area contributed by atoms with E-state index in [1.54, 1.807) is 38.4 Å². The molecule has 3 aromatic rings. The second-order valence-corrected chi connectivity index (χ2v) is 8.79. The van der Waals surface area contributed by atoms with E-state index in [1.807, 2.05) is 60.7 Å². The van der Waals surface area contributed by atoms with Gasteiger partial charge in [-0.2, -0.15) is 0 Å². The zero-order chi connectivity index (χ0) is 17.9. The Kier molecular flexibility index (Phi) is 4.87. The zero-order valence-electron chi connectivity index (χ0n) is 14.3. The van der Waals surface area contributed by atoms with Crippen LogP contribution in [0, 0.1) is 0 Å². The highest BCUT2D eigenvalue weighted by Crippen LogP contribution is 2.42. The summed E-state index contributed by atoms with van der Waals surface area (Å²) in [5.41, 5.74) is 0.585. The van der Waals surface area contributed by atoms with Gasteiger partial charge in [0.2, 0.25) is 0 Å². The largest absolute Gasteiger partial charge is 0.345 e. The van der Waals surface area contributed by atoms with Gasteiger partial charge in [0.1, 0.15) is 0 Å². The van der Waals surface area contributed by atoms with Crippen LogP contribution in [-0.2, 0) is 4.57 Å². The molecule has 0 bridgehead atoms. The minimum absolute atomic E-state index is 0.0687. The molecule has 0 aromatic heterocycles. The summed E-state index contributed by atoms with van der Waals surface area (Å²) in [7, 11) is 0.460. The molecule has 3 aromatic carbocycles. The van der Waals surface area contributed by atoms with Gasteiger partial charge < -0.3 is 9.46 Å². The van der Waals surface area contributed by atoms with Crippen molar-refractivity contribution in [2.45, 2.75) is 0 Å². The lowest BCUT2D eigenvalue weighted by Gasteiger charge is -2.20. The van der Waals surface area contributed by atoms with E-state index in [0.717, 1.165) is 15.9 Å². The Morgan fingerprint density at radius 3 is 1.48 bits per heavy atom. The molecule has 0 fully saturated rings. The van der Waals surface area contributed by atoms with Crippen molar-refractivity contribution in [1.82, 2.24) is 4.90 Å². The average Bonchev–Trinajstić information content (AvgIpc) is 2.68. The fourth-order valence-corrected chi connectivity index (χ4v) is 5.44. The van der Waals surface area contributed by atoms with E-state index in [2.05, 4.69) is 0 Å². The second kappa shape index (κ2) is 7.08. The molecule has 0 aliphatic rings. The first-order valence-electron chi connectivity index (χ1n) is 8.07. The molecular weight excluding hydrogens is 329 g/mol. The molecule has 25 heavy (non-hydrogen) atoms. The van der Waals surface area contributed by atoms with Crippen LogP contribution < -0.4 is 15.9 Å². The van der Waals surface area contributed by atoms with E-state index >= 15 is 0 Å². The highest BCUT2D eigenvalue weighted by Gasteiger charge is 2.29. The number of hydrogen-bond acceptors (Lipinski definition) is 2. The van der Waals surface area contributed by atoms with Gasteiger partial charge in [0, 0.05) is 35.6 Å². The van der Waals surface area contributed by atoms with E-state index in [0.29, 0.717) is 5.56 Å². The Morgan fingerprint density at radius 1 is 0.680 bits per heavy atom. The molecular formula is C21H20NO2P. The number of amides is 1. The zero-order valence-corrected chi connectivity index (χ0v) is 15.2.